The van der Waals surface area contributed by atoms with Gasteiger partial charge < -0.3 is 9.31 Å². The molecule has 0 bridgehead atoms. The zero-order valence-electron chi connectivity index (χ0n) is 19.8. The Kier molecular flexibility index (Phi) is 1.64. The van der Waals surface area contributed by atoms with E-state index in [1.165, 1.54) is 5.38 Å². The molecule has 1 aliphatic rings. The van der Waals surface area contributed by atoms with Gasteiger partial charge in [-0.1, -0.05) is 13.7 Å². The lowest BCUT2D eigenvalue weighted by Gasteiger charge is -2.32. The zero-order chi connectivity index (χ0) is 21.3. The molecule has 0 saturated carbocycles. The van der Waals surface area contributed by atoms with Crippen LogP contribution < -0.4 is 5.59 Å². The predicted molar refractivity (Wildman–Crippen MR) is 76.4 cm³/mol. The summed E-state index contributed by atoms with van der Waals surface area (Å²) >= 11 is 0.737. The lowest BCUT2D eigenvalue weighted by Crippen LogP contribution is -2.41. The van der Waals surface area contributed by atoms with Crippen LogP contribution in [0, 0.1) is 5.89 Å². The molecule has 1 aromatic rings. The van der Waals surface area contributed by atoms with Crippen molar-refractivity contribution in [3.8, 4) is 0 Å². The largest absolute Gasteiger partial charge is 0.515 e. The van der Waals surface area contributed by atoms with Crippen LogP contribution in [0.4, 0.5) is 0 Å². The van der Waals surface area contributed by atoms with E-state index in [0.717, 1.165) is 11.3 Å². The smallest absolute Gasteiger partial charge is 0.398 e. The van der Waals surface area contributed by atoms with Gasteiger partial charge in [0, 0.05) is 24.1 Å². The van der Waals surface area contributed by atoms with Gasteiger partial charge in [-0.25, -0.2) is 0 Å². The van der Waals surface area contributed by atoms with Gasteiger partial charge in [0.25, 0.3) is 0 Å². The number of hydrogen-bond acceptors (Lipinski definition) is 4. The monoisotopic (exact) mass is 276 g/mol. The summed E-state index contributed by atoms with van der Waals surface area (Å²) in [6, 6.07) is 0. The Labute approximate surface area is 127 Å². The normalized spacial score (nSPS) is 32.0. The highest BCUT2D eigenvalue weighted by Gasteiger charge is 2.52. The van der Waals surface area contributed by atoms with E-state index in [2.05, 4.69) is 4.98 Å². The molecular formula is C13H22BNO2S. The molecule has 1 aliphatic heterocycles. The fraction of sp³-hybridized carbons (Fsp3) is 0.769. The molecule has 1 fully saturated rings. The molecule has 0 atom stereocenters. The van der Waals surface area contributed by atoms with Crippen molar-refractivity contribution in [2.45, 2.75) is 59.0 Å². The van der Waals surface area contributed by atoms with E-state index in [1.807, 2.05) is 27.7 Å². The molecule has 1 aromatic heterocycles. The third-order valence-electron chi connectivity index (χ3n) is 3.25. The zero-order valence-corrected chi connectivity index (χ0v) is 11.6. The molecule has 0 amide bonds. The summed E-state index contributed by atoms with van der Waals surface area (Å²) in [6.45, 7) is 0.514. The Balaban J connectivity index is 2.45. The Bertz CT molecular complexity index is 683. The topological polar surface area (TPSA) is 31.4 Å². The average Bonchev–Trinajstić information content (AvgIpc) is 2.99. The van der Waals surface area contributed by atoms with Crippen molar-refractivity contribution in [2.24, 2.45) is 5.89 Å². The molecule has 5 heteroatoms. The number of rotatable bonds is 3. The second-order valence-electron chi connectivity index (χ2n) is 5.17. The third-order valence-corrected chi connectivity index (χ3v) is 4.02. The van der Waals surface area contributed by atoms with Crippen LogP contribution in [0.3, 0.4) is 0 Å². The molecule has 0 N–H and O–H groups in total. The number of aromatic nitrogens is 1. The van der Waals surface area contributed by atoms with Crippen LogP contribution in [0.15, 0.2) is 5.38 Å². The highest BCUT2D eigenvalue weighted by atomic mass is 32.1. The van der Waals surface area contributed by atoms with Crippen molar-refractivity contribution < 1.29 is 21.6 Å². The second kappa shape index (κ2) is 4.62. The van der Waals surface area contributed by atoms with Gasteiger partial charge >= 0.3 is 7.12 Å². The van der Waals surface area contributed by atoms with Crippen molar-refractivity contribution >= 4 is 24.0 Å². The molecule has 2 heterocycles. The van der Waals surface area contributed by atoms with Gasteiger partial charge in [0.05, 0.1) is 21.8 Å². The number of hydrogen-bond donors (Lipinski definition) is 0. The summed E-state index contributed by atoms with van der Waals surface area (Å²) in [6.07, 6.45) is -3.06. The van der Waals surface area contributed by atoms with E-state index in [-0.39, 0.29) is 5.59 Å². The molecule has 1 saturated heterocycles. The second-order valence-corrected chi connectivity index (χ2v) is 6.02. The quantitative estimate of drug-likeness (QED) is 0.795. The van der Waals surface area contributed by atoms with Crippen LogP contribution in [0.1, 0.15) is 58.7 Å². The predicted octanol–water partition coefficient (Wildman–Crippen LogP) is 2.64. The van der Waals surface area contributed by atoms with Crippen LogP contribution in [-0.4, -0.2) is 23.3 Å². The van der Waals surface area contributed by atoms with Crippen LogP contribution in [0.5, 0.6) is 0 Å². The Morgan fingerprint density at radius 1 is 1.44 bits per heavy atom. The number of thiazole rings is 1. The summed E-state index contributed by atoms with van der Waals surface area (Å²) in [4.78, 5) is 4.06. The first-order chi connectivity index (χ1) is 11.8. The van der Waals surface area contributed by atoms with E-state index in [0.29, 0.717) is 0 Å². The van der Waals surface area contributed by atoms with E-state index in [9.17, 15) is 0 Å². The molecule has 0 radical (unpaired) electrons. The van der Waals surface area contributed by atoms with Crippen molar-refractivity contribution in [1.29, 1.82) is 0 Å². The van der Waals surface area contributed by atoms with Crippen molar-refractivity contribution in [3.63, 3.8) is 0 Å². The van der Waals surface area contributed by atoms with E-state index < -0.39 is 49.3 Å². The molecule has 18 heavy (non-hydrogen) atoms. The van der Waals surface area contributed by atoms with E-state index >= 15 is 0 Å². The van der Waals surface area contributed by atoms with Gasteiger partial charge in [-0.2, -0.15) is 0 Å². The SMILES string of the molecule is [2H]C([2H])([2H])C([2H])(C([2H])([2H])[2H])C([2H])([2H])c1nc(B2OC(C)(C)C(C)(C)O2)cs1. The van der Waals surface area contributed by atoms with Crippen LogP contribution >= 0.6 is 11.3 Å². The highest BCUT2D eigenvalue weighted by molar-refractivity contribution is 7.10. The van der Waals surface area contributed by atoms with E-state index in [4.69, 9.17) is 21.6 Å². The fourth-order valence-electron chi connectivity index (χ4n) is 1.52. The van der Waals surface area contributed by atoms with Gasteiger partial charge in [-0.05, 0) is 33.6 Å². The molecule has 100 valence electrons. The maximum absolute atomic E-state index is 8.20. The van der Waals surface area contributed by atoms with Crippen molar-refractivity contribution in [2.75, 3.05) is 0 Å². The number of nitrogens with zero attached hydrogens (tertiary/aromatic N) is 1. The molecule has 3 nitrogen and oxygen atoms in total. The summed E-state index contributed by atoms with van der Waals surface area (Å²) < 4.78 is 81.1. The van der Waals surface area contributed by atoms with Crippen molar-refractivity contribution in [1.82, 2.24) is 4.98 Å². The summed E-state index contributed by atoms with van der Waals surface area (Å²) in [7, 11) is -0.906. The lowest BCUT2D eigenvalue weighted by atomic mass is 9.86. The molecule has 0 aliphatic carbocycles. The molecule has 2 rings (SSSR count). The van der Waals surface area contributed by atoms with Crippen LogP contribution in [0.25, 0.3) is 0 Å². The minimum Gasteiger partial charge on any atom is -0.398 e. The standard InChI is InChI=1S/C13H22BNO2S/c1-9(2)7-11-15-10(8-18-11)14-16-12(3,4)13(5,6)17-14/h8-9H,7H2,1-6H3/i1D3,2D3,7D2,9D. The summed E-state index contributed by atoms with van der Waals surface area (Å²) in [5.41, 5.74) is -1.11. The minimum absolute atomic E-state index is 0.205. The molecule has 0 aromatic carbocycles. The molecule has 0 unspecified atom stereocenters. The third kappa shape index (κ3) is 2.63. The maximum atomic E-state index is 8.20. The van der Waals surface area contributed by atoms with Gasteiger partial charge in [-0.3, -0.25) is 4.98 Å². The Hall–Kier alpha value is -0.385. The minimum atomic E-state index is -3.40. The molecular weight excluding hydrogens is 245 g/mol. The Morgan fingerprint density at radius 3 is 2.61 bits per heavy atom. The van der Waals surface area contributed by atoms with Crippen molar-refractivity contribution in [3.05, 3.63) is 10.4 Å². The van der Waals surface area contributed by atoms with Crippen LogP contribution in [0.2, 0.25) is 0 Å². The maximum Gasteiger partial charge on any atom is 0.515 e. The first-order valence-corrected chi connectivity index (χ1v) is 6.47. The highest BCUT2D eigenvalue weighted by Crippen LogP contribution is 2.36. The van der Waals surface area contributed by atoms with Gasteiger partial charge in [0.1, 0.15) is 0 Å². The fourth-order valence-corrected chi connectivity index (χ4v) is 2.24. The average molecular weight is 276 g/mol. The first-order valence-electron chi connectivity index (χ1n) is 10.1. The first kappa shape index (κ1) is 6.38. The van der Waals surface area contributed by atoms with Gasteiger partial charge in [0.15, 0.2) is 0 Å². The Morgan fingerprint density at radius 2 is 2.06 bits per heavy atom. The summed E-state index contributed by atoms with van der Waals surface area (Å²) in [5.74, 6) is -3.39. The van der Waals surface area contributed by atoms with Gasteiger partial charge in [-0.15, -0.1) is 11.3 Å². The van der Waals surface area contributed by atoms with Gasteiger partial charge in [0.2, 0.25) is 0 Å². The lowest BCUT2D eigenvalue weighted by molar-refractivity contribution is 0.00578. The van der Waals surface area contributed by atoms with Crippen LogP contribution in [-0.2, 0) is 15.7 Å². The van der Waals surface area contributed by atoms with E-state index in [1.54, 1.807) is 0 Å². The molecule has 0 spiro atoms. The summed E-state index contributed by atoms with van der Waals surface area (Å²) in [5, 5.41) is 1.00.